The van der Waals surface area contributed by atoms with Crippen molar-refractivity contribution >= 4 is 38.5 Å². The Morgan fingerprint density at radius 3 is 2.94 bits per heavy atom. The molecule has 0 saturated heterocycles. The molecule has 0 unspecified atom stereocenters. The molecule has 0 aliphatic carbocycles. The summed E-state index contributed by atoms with van der Waals surface area (Å²) in [6.45, 7) is 0. The molecule has 0 amide bonds. The van der Waals surface area contributed by atoms with Gasteiger partial charge in [-0.25, -0.2) is 9.07 Å². The van der Waals surface area contributed by atoms with E-state index in [1.807, 2.05) is 6.20 Å². The van der Waals surface area contributed by atoms with Gasteiger partial charge < -0.3 is 0 Å². The van der Waals surface area contributed by atoms with Gasteiger partial charge in [-0.05, 0) is 40.8 Å². The lowest BCUT2D eigenvalue weighted by Crippen LogP contribution is -1.98. The van der Waals surface area contributed by atoms with E-state index in [0.29, 0.717) is 0 Å². The van der Waals surface area contributed by atoms with Gasteiger partial charge in [0.1, 0.15) is 5.82 Å². The lowest BCUT2D eigenvalue weighted by atomic mass is 10.3. The highest BCUT2D eigenvalue weighted by Crippen LogP contribution is 2.17. The second-order valence-corrected chi connectivity index (χ2v) is 5.14. The van der Waals surface area contributed by atoms with Crippen LogP contribution < -0.4 is 0 Å². The monoisotopic (exact) mass is 395 g/mol. The maximum atomic E-state index is 12.9. The van der Waals surface area contributed by atoms with Crippen molar-refractivity contribution in [2.24, 2.45) is 0 Å². The highest BCUT2D eigenvalue weighted by molar-refractivity contribution is 14.1. The van der Waals surface area contributed by atoms with Crippen LogP contribution in [0.2, 0.25) is 0 Å². The van der Waals surface area contributed by atoms with Crippen molar-refractivity contribution < 1.29 is 4.39 Å². The van der Waals surface area contributed by atoms with Crippen molar-refractivity contribution in [2.45, 2.75) is 6.42 Å². The molecule has 6 heteroatoms. The molecule has 16 heavy (non-hydrogen) atoms. The molecule has 84 valence electrons. The molecule has 1 heterocycles. The standard InChI is InChI=1S/C10H8BrFIN3/c11-4-3-8-6-16(15-14-8)10-2-1-7(12)5-9(10)13/h1-2,5-6H,3-4H2. The Labute approximate surface area is 114 Å². The Bertz CT molecular complexity index is 501. The lowest BCUT2D eigenvalue weighted by Gasteiger charge is -2.02. The number of nitrogens with zero attached hydrogens (tertiary/aromatic N) is 3. The first-order valence-corrected chi connectivity index (χ1v) is 6.83. The van der Waals surface area contributed by atoms with Gasteiger partial charge in [0.05, 0.1) is 17.6 Å². The quantitative estimate of drug-likeness (QED) is 0.591. The molecular formula is C10H8BrFIN3. The molecule has 1 aromatic carbocycles. The van der Waals surface area contributed by atoms with Crippen LogP contribution in [0, 0.1) is 9.39 Å². The summed E-state index contributed by atoms with van der Waals surface area (Å²) in [7, 11) is 0. The third-order valence-corrected chi connectivity index (χ3v) is 3.31. The average molecular weight is 396 g/mol. The molecule has 0 bridgehead atoms. The Kier molecular flexibility index (Phi) is 3.91. The summed E-state index contributed by atoms with van der Waals surface area (Å²) in [6, 6.07) is 4.59. The second-order valence-electron chi connectivity index (χ2n) is 3.19. The number of aromatic nitrogens is 3. The van der Waals surface area contributed by atoms with Crippen LogP contribution in [-0.4, -0.2) is 20.3 Å². The predicted molar refractivity (Wildman–Crippen MR) is 71.5 cm³/mol. The first kappa shape index (κ1) is 12.0. The van der Waals surface area contributed by atoms with Gasteiger partial charge in [0, 0.05) is 15.3 Å². The van der Waals surface area contributed by atoms with Crippen molar-refractivity contribution in [3.8, 4) is 5.69 Å². The summed E-state index contributed by atoms with van der Waals surface area (Å²) in [6.07, 6.45) is 2.69. The zero-order valence-corrected chi connectivity index (χ0v) is 11.9. The van der Waals surface area contributed by atoms with Crippen LogP contribution in [0.15, 0.2) is 24.4 Å². The summed E-state index contributed by atoms with van der Waals surface area (Å²) in [4.78, 5) is 0. The summed E-state index contributed by atoms with van der Waals surface area (Å²) < 4.78 is 15.4. The van der Waals surface area contributed by atoms with E-state index < -0.39 is 0 Å². The Morgan fingerprint density at radius 1 is 1.44 bits per heavy atom. The molecule has 1 aromatic heterocycles. The van der Waals surface area contributed by atoms with E-state index in [2.05, 4.69) is 48.8 Å². The van der Waals surface area contributed by atoms with E-state index in [1.165, 1.54) is 12.1 Å². The molecule has 0 fully saturated rings. The molecule has 0 aliphatic heterocycles. The van der Waals surface area contributed by atoms with Gasteiger partial charge >= 0.3 is 0 Å². The fourth-order valence-corrected chi connectivity index (χ4v) is 2.43. The fourth-order valence-electron chi connectivity index (χ4n) is 1.29. The molecule has 2 rings (SSSR count). The number of benzene rings is 1. The van der Waals surface area contributed by atoms with Crippen LogP contribution >= 0.6 is 38.5 Å². The van der Waals surface area contributed by atoms with E-state index in [9.17, 15) is 4.39 Å². The van der Waals surface area contributed by atoms with Crippen LogP contribution in [0.1, 0.15) is 5.69 Å². The van der Waals surface area contributed by atoms with Crippen LogP contribution in [-0.2, 0) is 6.42 Å². The average Bonchev–Trinajstić information content (AvgIpc) is 2.67. The van der Waals surface area contributed by atoms with E-state index in [4.69, 9.17) is 0 Å². The first-order chi connectivity index (χ1) is 7.70. The fraction of sp³-hybridized carbons (Fsp3) is 0.200. The number of halogens is 3. The largest absolute Gasteiger partial charge is 0.219 e. The zero-order valence-electron chi connectivity index (χ0n) is 8.20. The van der Waals surface area contributed by atoms with Crippen LogP contribution in [0.4, 0.5) is 4.39 Å². The Morgan fingerprint density at radius 2 is 2.25 bits per heavy atom. The van der Waals surface area contributed by atoms with Gasteiger partial charge in [-0.1, -0.05) is 21.1 Å². The number of hydrogen-bond donors (Lipinski definition) is 0. The van der Waals surface area contributed by atoms with Gasteiger partial charge in [0.2, 0.25) is 0 Å². The molecule has 0 aliphatic rings. The van der Waals surface area contributed by atoms with Crippen molar-refractivity contribution in [1.29, 1.82) is 0 Å². The third kappa shape index (κ3) is 2.60. The highest BCUT2D eigenvalue weighted by atomic mass is 127. The number of alkyl halides is 1. The molecule has 0 N–H and O–H groups in total. The summed E-state index contributed by atoms with van der Waals surface area (Å²) in [5, 5.41) is 8.90. The van der Waals surface area contributed by atoms with Crippen LogP contribution in [0.5, 0.6) is 0 Å². The molecule has 0 radical (unpaired) electrons. The zero-order chi connectivity index (χ0) is 11.5. The van der Waals surface area contributed by atoms with Gasteiger partial charge in [-0.3, -0.25) is 0 Å². The van der Waals surface area contributed by atoms with Crippen LogP contribution in [0.3, 0.4) is 0 Å². The van der Waals surface area contributed by atoms with Gasteiger partial charge in [-0.2, -0.15) is 0 Å². The topological polar surface area (TPSA) is 30.7 Å². The van der Waals surface area contributed by atoms with E-state index >= 15 is 0 Å². The van der Waals surface area contributed by atoms with Crippen molar-refractivity contribution in [2.75, 3.05) is 5.33 Å². The smallest absolute Gasteiger partial charge is 0.124 e. The van der Waals surface area contributed by atoms with Crippen molar-refractivity contribution in [3.63, 3.8) is 0 Å². The minimum absolute atomic E-state index is 0.242. The minimum Gasteiger partial charge on any atom is -0.219 e. The summed E-state index contributed by atoms with van der Waals surface area (Å²) in [5.41, 5.74) is 1.76. The highest BCUT2D eigenvalue weighted by Gasteiger charge is 2.06. The number of rotatable bonds is 3. The van der Waals surface area contributed by atoms with Crippen LogP contribution in [0.25, 0.3) is 5.69 Å². The van der Waals surface area contributed by atoms with Gasteiger partial charge in [0.25, 0.3) is 0 Å². The molecule has 2 aromatic rings. The Balaban J connectivity index is 2.35. The first-order valence-electron chi connectivity index (χ1n) is 4.63. The second kappa shape index (κ2) is 5.22. The van der Waals surface area contributed by atoms with Gasteiger partial charge in [0.15, 0.2) is 0 Å². The van der Waals surface area contributed by atoms with E-state index in [-0.39, 0.29) is 5.82 Å². The Hall–Kier alpha value is -0.500. The number of aryl methyl sites for hydroxylation is 1. The normalized spacial score (nSPS) is 10.7. The van der Waals surface area contributed by atoms with Crippen molar-refractivity contribution in [1.82, 2.24) is 15.0 Å². The molecular weight excluding hydrogens is 388 g/mol. The summed E-state index contributed by atoms with van der Waals surface area (Å²) in [5.74, 6) is -0.242. The summed E-state index contributed by atoms with van der Waals surface area (Å²) >= 11 is 5.43. The minimum atomic E-state index is -0.242. The maximum Gasteiger partial charge on any atom is 0.124 e. The SMILES string of the molecule is Fc1ccc(-n2cc(CCBr)nn2)c(I)c1. The predicted octanol–water partition coefficient (Wildman–Crippen LogP) is 2.95. The van der Waals surface area contributed by atoms with E-state index in [1.54, 1.807) is 10.7 Å². The molecule has 3 nitrogen and oxygen atoms in total. The third-order valence-electron chi connectivity index (χ3n) is 2.05. The maximum absolute atomic E-state index is 12.9. The van der Waals surface area contributed by atoms with E-state index in [0.717, 1.165) is 26.7 Å². The molecule has 0 saturated carbocycles. The number of hydrogen-bond acceptors (Lipinski definition) is 2. The van der Waals surface area contributed by atoms with Crippen molar-refractivity contribution in [3.05, 3.63) is 39.5 Å². The van der Waals surface area contributed by atoms with Gasteiger partial charge in [-0.15, -0.1) is 5.10 Å². The molecule has 0 spiro atoms. The lowest BCUT2D eigenvalue weighted by molar-refractivity contribution is 0.625. The molecule has 0 atom stereocenters.